The standard InChI is InChI=1S/C28H34N4O7/c1-30(2)17-11-14(12-32-7-5-6-8-32)22(33)19-15(17)9-13-10-16-21(31(3)4)24(35)20(27(29)38)26(37)28(16,39)25(36)18(13)23(19)34/h5-6,11,13,16,21,33-34,37,39H,7-10,12H2,1-4H3,(H2,29,38)/t13-,16-,21-,28-/m1/s1. The first kappa shape index (κ1) is 26.9. The fraction of sp³-hybridized carbons (Fsp3) is 0.464. The van der Waals surface area contributed by atoms with E-state index in [0.29, 0.717) is 17.7 Å². The summed E-state index contributed by atoms with van der Waals surface area (Å²) >= 11 is 0. The SMILES string of the molecule is CN(C)c1cc(CN2CC=CC2)c(O)c2c1C[C@@H]1C[C@@H]3[C@@H](N(C)C)C(=O)C(C(N)=O)=C(O)[C@]3(O)C(=O)C1=C2O. The highest BCUT2D eigenvalue weighted by Crippen LogP contribution is 2.54. The molecule has 1 heterocycles. The molecule has 0 spiro atoms. The highest BCUT2D eigenvalue weighted by Gasteiger charge is 2.64. The molecule has 1 fully saturated rings. The largest absolute Gasteiger partial charge is 0.508 e. The molecule has 0 unspecified atom stereocenters. The number of hydrogen-bond donors (Lipinski definition) is 5. The highest BCUT2D eigenvalue weighted by molar-refractivity contribution is 6.24. The van der Waals surface area contributed by atoms with Gasteiger partial charge in [0.25, 0.3) is 5.91 Å². The first-order valence-corrected chi connectivity index (χ1v) is 12.9. The summed E-state index contributed by atoms with van der Waals surface area (Å²) in [5, 5.41) is 45.7. The summed E-state index contributed by atoms with van der Waals surface area (Å²) in [6.07, 6.45) is 4.36. The van der Waals surface area contributed by atoms with Crippen LogP contribution >= 0.6 is 0 Å². The average Bonchev–Trinajstić information content (AvgIpc) is 3.35. The topological polar surface area (TPSA) is 168 Å². The second-order valence-electron chi connectivity index (χ2n) is 11.3. The molecule has 208 valence electrons. The van der Waals surface area contributed by atoms with Crippen LogP contribution in [0.3, 0.4) is 0 Å². The Hall–Kier alpha value is -3.67. The Balaban J connectivity index is 1.71. The van der Waals surface area contributed by atoms with Gasteiger partial charge in [0.2, 0.25) is 5.78 Å². The fourth-order valence-electron chi connectivity index (χ4n) is 6.76. The second-order valence-corrected chi connectivity index (χ2v) is 11.3. The third kappa shape index (κ3) is 3.79. The predicted molar refractivity (Wildman–Crippen MR) is 143 cm³/mol. The summed E-state index contributed by atoms with van der Waals surface area (Å²) in [4.78, 5) is 44.9. The van der Waals surface area contributed by atoms with E-state index in [9.17, 15) is 34.8 Å². The minimum Gasteiger partial charge on any atom is -0.508 e. The molecule has 11 heteroatoms. The monoisotopic (exact) mass is 538 g/mol. The zero-order chi connectivity index (χ0) is 28.5. The lowest BCUT2D eigenvalue weighted by atomic mass is 9.57. The first-order valence-electron chi connectivity index (χ1n) is 12.9. The van der Waals surface area contributed by atoms with E-state index in [4.69, 9.17) is 5.73 Å². The molecule has 0 saturated heterocycles. The number of hydrogen-bond acceptors (Lipinski definition) is 10. The number of aliphatic hydroxyl groups excluding tert-OH is 2. The number of phenolic OH excluding ortho intramolecular Hbond substituents is 1. The van der Waals surface area contributed by atoms with Crippen molar-refractivity contribution < 1.29 is 34.8 Å². The molecule has 6 N–H and O–H groups in total. The number of amides is 1. The number of aromatic hydroxyl groups is 1. The maximum Gasteiger partial charge on any atom is 0.255 e. The summed E-state index contributed by atoms with van der Waals surface area (Å²) in [6, 6.07) is 0.771. The highest BCUT2D eigenvalue weighted by atomic mass is 16.3. The number of nitrogens with zero attached hydrogens (tertiary/aromatic N) is 3. The minimum atomic E-state index is -2.65. The van der Waals surface area contributed by atoms with Crippen LogP contribution in [-0.4, -0.2) is 101 Å². The molecule has 1 aromatic rings. The van der Waals surface area contributed by atoms with Crippen LogP contribution in [0.4, 0.5) is 5.69 Å². The third-order valence-electron chi connectivity index (χ3n) is 8.55. The van der Waals surface area contributed by atoms with Gasteiger partial charge in [-0.2, -0.15) is 0 Å². The average molecular weight is 539 g/mol. The van der Waals surface area contributed by atoms with Gasteiger partial charge in [0.05, 0.1) is 11.6 Å². The summed E-state index contributed by atoms with van der Waals surface area (Å²) < 4.78 is 0. The van der Waals surface area contributed by atoms with E-state index in [2.05, 4.69) is 4.90 Å². The molecule has 4 atom stereocenters. The number of Topliss-reactive ketones (excluding diaryl/α,β-unsaturated/α-hetero) is 2. The Morgan fingerprint density at radius 3 is 2.33 bits per heavy atom. The molecular weight excluding hydrogens is 504 g/mol. The molecule has 1 aromatic carbocycles. The van der Waals surface area contributed by atoms with Gasteiger partial charge < -0.3 is 31.1 Å². The number of ketones is 2. The number of aliphatic hydroxyl groups is 3. The smallest absolute Gasteiger partial charge is 0.255 e. The van der Waals surface area contributed by atoms with Crippen LogP contribution in [-0.2, 0) is 27.3 Å². The molecule has 3 aliphatic carbocycles. The molecule has 0 bridgehead atoms. The van der Waals surface area contributed by atoms with E-state index < -0.39 is 58.0 Å². The number of anilines is 1. The van der Waals surface area contributed by atoms with E-state index in [1.165, 1.54) is 4.90 Å². The lowest BCUT2D eigenvalue weighted by molar-refractivity contribution is -0.153. The summed E-state index contributed by atoms with van der Waals surface area (Å²) in [5.74, 6) is -6.48. The van der Waals surface area contributed by atoms with Crippen LogP contribution in [0.15, 0.2) is 35.1 Å². The molecule has 0 radical (unpaired) electrons. The van der Waals surface area contributed by atoms with Crippen molar-refractivity contribution in [2.75, 3.05) is 46.2 Å². The maximum absolute atomic E-state index is 14.0. The molecule has 5 rings (SSSR count). The Bertz CT molecular complexity index is 1380. The van der Waals surface area contributed by atoms with E-state index in [1.54, 1.807) is 14.1 Å². The van der Waals surface area contributed by atoms with Crippen LogP contribution in [0.1, 0.15) is 23.1 Å². The molecular formula is C28H34N4O7. The zero-order valence-electron chi connectivity index (χ0n) is 22.4. The molecule has 1 amide bonds. The number of carbonyl (C=O) groups excluding carboxylic acids is 3. The van der Waals surface area contributed by atoms with Gasteiger partial charge in [0.15, 0.2) is 11.4 Å². The zero-order valence-corrected chi connectivity index (χ0v) is 22.4. The lowest BCUT2D eigenvalue weighted by Crippen LogP contribution is -2.65. The van der Waals surface area contributed by atoms with Crippen molar-refractivity contribution in [1.82, 2.24) is 9.80 Å². The van der Waals surface area contributed by atoms with Crippen molar-refractivity contribution in [1.29, 1.82) is 0 Å². The number of nitrogens with two attached hydrogens (primary N) is 1. The van der Waals surface area contributed by atoms with Crippen molar-refractivity contribution in [2.45, 2.75) is 31.0 Å². The number of rotatable bonds is 5. The van der Waals surface area contributed by atoms with Crippen LogP contribution < -0.4 is 10.6 Å². The van der Waals surface area contributed by atoms with E-state index in [-0.39, 0.29) is 29.7 Å². The number of fused-ring (bicyclic) bond motifs is 3. The van der Waals surface area contributed by atoms with Gasteiger partial charge in [-0.15, -0.1) is 0 Å². The Labute approximate surface area is 226 Å². The molecule has 4 aliphatic rings. The normalized spacial score (nSPS) is 28.6. The maximum atomic E-state index is 14.0. The second kappa shape index (κ2) is 9.22. The summed E-state index contributed by atoms with van der Waals surface area (Å²) in [6.45, 7) is 1.85. The molecule has 0 aromatic heterocycles. The molecule has 39 heavy (non-hydrogen) atoms. The van der Waals surface area contributed by atoms with Crippen molar-refractivity contribution in [2.24, 2.45) is 17.6 Å². The molecule has 1 saturated carbocycles. The van der Waals surface area contributed by atoms with Gasteiger partial charge in [-0.05, 0) is 44.5 Å². The van der Waals surface area contributed by atoms with Crippen molar-refractivity contribution in [3.05, 3.63) is 51.8 Å². The predicted octanol–water partition coefficient (Wildman–Crippen LogP) is 0.402. The van der Waals surface area contributed by atoms with E-state index in [1.807, 2.05) is 37.2 Å². The number of benzene rings is 1. The van der Waals surface area contributed by atoms with Gasteiger partial charge >= 0.3 is 0 Å². The number of likely N-dealkylation sites (N-methyl/N-ethyl adjacent to an activating group) is 1. The first-order chi connectivity index (χ1) is 18.3. The summed E-state index contributed by atoms with van der Waals surface area (Å²) in [5.41, 5.74) is 3.85. The van der Waals surface area contributed by atoms with Crippen LogP contribution in [0, 0.1) is 11.8 Å². The van der Waals surface area contributed by atoms with Crippen molar-refractivity contribution in [3.8, 4) is 5.75 Å². The Kier molecular flexibility index (Phi) is 6.36. The van der Waals surface area contributed by atoms with Crippen molar-refractivity contribution in [3.63, 3.8) is 0 Å². The fourth-order valence-corrected chi connectivity index (χ4v) is 6.76. The van der Waals surface area contributed by atoms with Crippen molar-refractivity contribution >= 4 is 28.9 Å². The third-order valence-corrected chi connectivity index (χ3v) is 8.55. The van der Waals surface area contributed by atoms with E-state index in [0.717, 1.165) is 18.8 Å². The van der Waals surface area contributed by atoms with Crippen LogP contribution in [0.25, 0.3) is 5.76 Å². The number of phenols is 1. The van der Waals surface area contributed by atoms with Crippen LogP contribution in [0.2, 0.25) is 0 Å². The van der Waals surface area contributed by atoms with Gasteiger partial charge in [-0.3, -0.25) is 24.2 Å². The molecule has 1 aliphatic heterocycles. The Morgan fingerprint density at radius 2 is 1.77 bits per heavy atom. The van der Waals surface area contributed by atoms with Crippen LogP contribution in [0.5, 0.6) is 5.75 Å². The van der Waals surface area contributed by atoms with Gasteiger partial charge in [-0.25, -0.2) is 0 Å². The van der Waals surface area contributed by atoms with Gasteiger partial charge in [0, 0.05) is 56.5 Å². The Morgan fingerprint density at radius 1 is 1.13 bits per heavy atom. The van der Waals surface area contributed by atoms with E-state index >= 15 is 0 Å². The van der Waals surface area contributed by atoms with Gasteiger partial charge in [-0.1, -0.05) is 12.2 Å². The number of primary amides is 1. The summed E-state index contributed by atoms with van der Waals surface area (Å²) in [7, 11) is 6.86. The number of carbonyl (C=O) groups is 3. The quantitative estimate of drug-likeness (QED) is 0.261. The lowest BCUT2D eigenvalue weighted by Gasteiger charge is -2.50. The van der Waals surface area contributed by atoms with Gasteiger partial charge in [0.1, 0.15) is 22.8 Å². The molecule has 11 nitrogen and oxygen atoms in total. The minimum absolute atomic E-state index is 0.0561.